The van der Waals surface area contributed by atoms with Gasteiger partial charge in [0.15, 0.2) is 0 Å². The number of anilines is 1. The molecule has 4 nitrogen and oxygen atoms in total. The molecule has 0 aliphatic heterocycles. The Kier molecular flexibility index (Phi) is 4.02. The first-order chi connectivity index (χ1) is 9.58. The molecule has 2 N–H and O–H groups in total. The molecule has 0 atom stereocenters. The van der Waals surface area contributed by atoms with Crippen LogP contribution in [-0.4, -0.2) is 11.0 Å². The summed E-state index contributed by atoms with van der Waals surface area (Å²) in [5, 5.41) is 21.0. The van der Waals surface area contributed by atoms with Crippen molar-refractivity contribution in [2.75, 3.05) is 5.32 Å². The monoisotopic (exact) mass is 266 g/mol. The zero-order valence-corrected chi connectivity index (χ0v) is 11.1. The Bertz CT molecular complexity index is 687. The molecule has 0 fully saturated rings. The van der Waals surface area contributed by atoms with Crippen molar-refractivity contribution in [1.82, 2.24) is 0 Å². The summed E-state index contributed by atoms with van der Waals surface area (Å²) in [5.41, 5.74) is 2.77. The number of phenolic OH excluding ortho intramolecular Hbond substituents is 1. The summed E-state index contributed by atoms with van der Waals surface area (Å²) in [5.74, 6) is -0.0493. The Morgan fingerprint density at radius 1 is 1.30 bits per heavy atom. The number of nitriles is 1. The van der Waals surface area contributed by atoms with Crippen molar-refractivity contribution in [2.45, 2.75) is 13.3 Å². The van der Waals surface area contributed by atoms with Crippen LogP contribution in [0, 0.1) is 18.3 Å². The van der Waals surface area contributed by atoms with Crippen molar-refractivity contribution in [3.8, 4) is 11.8 Å². The molecule has 2 aromatic rings. The van der Waals surface area contributed by atoms with Crippen LogP contribution >= 0.6 is 0 Å². The second-order valence-corrected chi connectivity index (χ2v) is 4.54. The van der Waals surface area contributed by atoms with Gasteiger partial charge < -0.3 is 10.4 Å². The van der Waals surface area contributed by atoms with E-state index in [9.17, 15) is 9.90 Å². The van der Waals surface area contributed by atoms with E-state index in [2.05, 4.69) is 5.32 Å². The first kappa shape index (κ1) is 13.6. The molecule has 1 amide bonds. The maximum Gasteiger partial charge on any atom is 0.228 e. The molecular formula is C16H14N2O2. The molecule has 0 heterocycles. The number of rotatable bonds is 3. The van der Waals surface area contributed by atoms with Crippen molar-refractivity contribution in [3.63, 3.8) is 0 Å². The van der Waals surface area contributed by atoms with Gasteiger partial charge in [-0.15, -0.1) is 0 Å². The van der Waals surface area contributed by atoms with E-state index < -0.39 is 0 Å². The third-order valence-corrected chi connectivity index (χ3v) is 2.92. The average molecular weight is 266 g/mol. The van der Waals surface area contributed by atoms with Gasteiger partial charge in [-0.05, 0) is 42.3 Å². The summed E-state index contributed by atoms with van der Waals surface area (Å²) in [6.45, 7) is 1.87. The molecule has 2 aromatic carbocycles. The zero-order chi connectivity index (χ0) is 14.5. The summed E-state index contributed by atoms with van der Waals surface area (Å²) in [4.78, 5) is 12.0. The fourth-order valence-corrected chi connectivity index (χ4v) is 1.87. The predicted octanol–water partition coefficient (Wildman–Crippen LogP) is 2.75. The van der Waals surface area contributed by atoms with E-state index in [-0.39, 0.29) is 18.1 Å². The summed E-state index contributed by atoms with van der Waals surface area (Å²) >= 11 is 0. The van der Waals surface area contributed by atoms with Crippen LogP contribution in [0.5, 0.6) is 5.75 Å². The highest BCUT2D eigenvalue weighted by atomic mass is 16.3. The number of hydrogen-bond donors (Lipinski definition) is 2. The molecular weight excluding hydrogens is 252 g/mol. The minimum Gasteiger partial charge on any atom is -0.508 e. The smallest absolute Gasteiger partial charge is 0.228 e. The lowest BCUT2D eigenvalue weighted by Crippen LogP contribution is -2.15. The van der Waals surface area contributed by atoms with Crippen molar-refractivity contribution >= 4 is 11.6 Å². The second kappa shape index (κ2) is 5.89. The number of carbonyl (C=O) groups excluding carboxylic acids is 1. The number of aromatic hydroxyl groups is 1. The first-order valence-corrected chi connectivity index (χ1v) is 6.17. The number of carbonyl (C=O) groups is 1. The topological polar surface area (TPSA) is 73.1 Å². The van der Waals surface area contributed by atoms with Crippen LogP contribution in [0.25, 0.3) is 0 Å². The molecule has 4 heteroatoms. The highest BCUT2D eigenvalue weighted by Gasteiger charge is 2.07. The Labute approximate surface area is 117 Å². The number of nitrogens with one attached hydrogen (secondary N) is 1. The largest absolute Gasteiger partial charge is 0.508 e. The first-order valence-electron chi connectivity index (χ1n) is 6.17. The van der Waals surface area contributed by atoms with Gasteiger partial charge in [0.1, 0.15) is 5.75 Å². The summed E-state index contributed by atoms with van der Waals surface area (Å²) in [6, 6.07) is 13.8. The van der Waals surface area contributed by atoms with Crippen LogP contribution in [0.3, 0.4) is 0 Å². The number of amides is 1. The molecule has 20 heavy (non-hydrogen) atoms. The van der Waals surface area contributed by atoms with Crippen LogP contribution in [-0.2, 0) is 11.2 Å². The molecule has 0 aliphatic carbocycles. The third kappa shape index (κ3) is 3.36. The number of hydrogen-bond acceptors (Lipinski definition) is 3. The minimum absolute atomic E-state index is 0.137. The molecule has 0 radical (unpaired) electrons. The van der Waals surface area contributed by atoms with Gasteiger partial charge in [0, 0.05) is 5.69 Å². The van der Waals surface area contributed by atoms with Gasteiger partial charge in [-0.25, -0.2) is 0 Å². The summed E-state index contributed by atoms with van der Waals surface area (Å²) in [7, 11) is 0. The second-order valence-electron chi connectivity index (χ2n) is 4.54. The lowest BCUT2D eigenvalue weighted by Gasteiger charge is -2.09. The van der Waals surface area contributed by atoms with Crippen molar-refractivity contribution in [1.29, 1.82) is 5.26 Å². The van der Waals surface area contributed by atoms with Gasteiger partial charge >= 0.3 is 0 Å². The van der Waals surface area contributed by atoms with Gasteiger partial charge in [-0.3, -0.25) is 4.79 Å². The quantitative estimate of drug-likeness (QED) is 0.897. The predicted molar refractivity (Wildman–Crippen MR) is 76.3 cm³/mol. The normalized spacial score (nSPS) is 9.80. The summed E-state index contributed by atoms with van der Waals surface area (Å²) < 4.78 is 0. The lowest BCUT2D eigenvalue weighted by atomic mass is 10.1. The van der Waals surface area contributed by atoms with E-state index in [0.29, 0.717) is 11.3 Å². The minimum atomic E-state index is -0.186. The van der Waals surface area contributed by atoms with E-state index in [1.807, 2.05) is 13.0 Å². The molecule has 0 aliphatic rings. The van der Waals surface area contributed by atoms with Crippen molar-refractivity contribution in [3.05, 3.63) is 59.2 Å². The van der Waals surface area contributed by atoms with E-state index >= 15 is 0 Å². The van der Waals surface area contributed by atoms with E-state index in [1.54, 1.807) is 42.5 Å². The molecule has 0 saturated carbocycles. The van der Waals surface area contributed by atoms with E-state index in [1.165, 1.54) is 0 Å². The van der Waals surface area contributed by atoms with Crippen molar-refractivity contribution in [2.24, 2.45) is 0 Å². The molecule has 2 rings (SSSR count). The zero-order valence-electron chi connectivity index (χ0n) is 11.1. The van der Waals surface area contributed by atoms with Crippen LogP contribution in [0.2, 0.25) is 0 Å². The van der Waals surface area contributed by atoms with E-state index in [4.69, 9.17) is 5.26 Å². The number of nitrogens with zero attached hydrogens (tertiary/aromatic N) is 1. The molecule has 0 aromatic heterocycles. The summed E-state index contributed by atoms with van der Waals surface area (Å²) in [6.07, 6.45) is 0.171. The lowest BCUT2D eigenvalue weighted by molar-refractivity contribution is -0.115. The van der Waals surface area contributed by atoms with Gasteiger partial charge in [0.05, 0.1) is 18.1 Å². The maximum absolute atomic E-state index is 12.0. The fraction of sp³-hybridized carbons (Fsp3) is 0.125. The molecule has 0 spiro atoms. The van der Waals surface area contributed by atoms with Gasteiger partial charge in [-0.1, -0.05) is 18.2 Å². The molecule has 0 unspecified atom stereocenters. The number of benzene rings is 2. The Balaban J connectivity index is 2.10. The molecule has 100 valence electrons. The average Bonchev–Trinajstić information content (AvgIpc) is 2.41. The number of aryl methyl sites for hydroxylation is 1. The Morgan fingerprint density at radius 2 is 2.10 bits per heavy atom. The standard InChI is InChI=1S/C16H14N2O2/c1-11-5-6-13(10-17)8-15(11)18-16(20)9-12-3-2-4-14(19)7-12/h2-8,19H,9H2,1H3,(H,18,20). The number of phenols is 1. The van der Waals surface area contributed by atoms with Crippen LogP contribution in [0.15, 0.2) is 42.5 Å². The maximum atomic E-state index is 12.0. The van der Waals surface area contributed by atoms with Crippen LogP contribution in [0.4, 0.5) is 5.69 Å². The SMILES string of the molecule is Cc1ccc(C#N)cc1NC(=O)Cc1cccc(O)c1. The van der Waals surface area contributed by atoms with E-state index in [0.717, 1.165) is 11.1 Å². The Hall–Kier alpha value is -2.80. The highest BCUT2D eigenvalue weighted by molar-refractivity contribution is 5.93. The third-order valence-electron chi connectivity index (χ3n) is 2.92. The molecule has 0 bridgehead atoms. The van der Waals surface area contributed by atoms with Crippen LogP contribution in [0.1, 0.15) is 16.7 Å². The van der Waals surface area contributed by atoms with Gasteiger partial charge in [-0.2, -0.15) is 5.26 Å². The van der Waals surface area contributed by atoms with Gasteiger partial charge in [0.2, 0.25) is 5.91 Å². The highest BCUT2D eigenvalue weighted by Crippen LogP contribution is 2.17. The fourth-order valence-electron chi connectivity index (χ4n) is 1.87. The van der Waals surface area contributed by atoms with Gasteiger partial charge in [0.25, 0.3) is 0 Å². The molecule has 0 saturated heterocycles. The van der Waals surface area contributed by atoms with Crippen molar-refractivity contribution < 1.29 is 9.90 Å². The van der Waals surface area contributed by atoms with Crippen LogP contribution < -0.4 is 5.32 Å². The Morgan fingerprint density at radius 3 is 2.80 bits per heavy atom.